The van der Waals surface area contributed by atoms with Crippen LogP contribution >= 0.6 is 15.9 Å². The average molecular weight is 457 g/mol. The van der Waals surface area contributed by atoms with E-state index in [-0.39, 0.29) is 18.4 Å². The maximum atomic E-state index is 12.3. The number of anilines is 1. The van der Waals surface area contributed by atoms with E-state index in [4.69, 9.17) is 9.47 Å². The van der Waals surface area contributed by atoms with E-state index < -0.39 is 0 Å². The summed E-state index contributed by atoms with van der Waals surface area (Å²) in [6.45, 7) is 0.700. The van der Waals surface area contributed by atoms with Crippen LogP contribution in [0.3, 0.4) is 0 Å². The Labute approximate surface area is 177 Å². The van der Waals surface area contributed by atoms with E-state index in [0.717, 1.165) is 15.2 Å². The van der Waals surface area contributed by atoms with E-state index in [0.29, 0.717) is 30.2 Å². The molecule has 3 rings (SSSR count). The minimum atomic E-state index is -0.318. The number of methoxy groups -OCH3 is 1. The molecule has 0 bridgehead atoms. The van der Waals surface area contributed by atoms with Crippen LogP contribution in [0.4, 0.5) is 5.69 Å². The Morgan fingerprint density at radius 1 is 1.03 bits per heavy atom. The molecule has 0 unspecified atom stereocenters. The maximum absolute atomic E-state index is 12.3. The molecule has 0 heterocycles. The van der Waals surface area contributed by atoms with Crippen molar-refractivity contribution in [3.05, 3.63) is 70.7 Å². The smallest absolute Gasteiger partial charge is 0.262 e. The van der Waals surface area contributed by atoms with Gasteiger partial charge in [-0.15, -0.1) is 0 Å². The Balaban J connectivity index is 1.59. The van der Waals surface area contributed by atoms with Crippen LogP contribution in [0, 0.1) is 0 Å². The number of hydrogen-bond acceptors (Lipinski definition) is 4. The van der Waals surface area contributed by atoms with Gasteiger partial charge in [-0.1, -0.05) is 36.4 Å². The van der Waals surface area contributed by atoms with Gasteiger partial charge < -0.3 is 20.1 Å². The highest BCUT2D eigenvalue weighted by Gasteiger charge is 2.10. The van der Waals surface area contributed by atoms with Gasteiger partial charge in [0, 0.05) is 24.9 Å². The molecule has 6 nitrogen and oxygen atoms in total. The summed E-state index contributed by atoms with van der Waals surface area (Å²) in [5.41, 5.74) is 0.979. The van der Waals surface area contributed by atoms with Crippen LogP contribution in [0.1, 0.15) is 10.4 Å². The number of rotatable bonds is 8. The predicted molar refractivity (Wildman–Crippen MR) is 116 cm³/mol. The van der Waals surface area contributed by atoms with Gasteiger partial charge in [0.1, 0.15) is 5.75 Å². The van der Waals surface area contributed by atoms with Crippen LogP contribution in [0.25, 0.3) is 10.8 Å². The van der Waals surface area contributed by atoms with Crippen molar-refractivity contribution in [1.82, 2.24) is 5.32 Å². The highest BCUT2D eigenvalue weighted by Crippen LogP contribution is 2.33. The first-order chi connectivity index (χ1) is 14.1. The van der Waals surface area contributed by atoms with Gasteiger partial charge in [-0.25, -0.2) is 0 Å². The lowest BCUT2D eigenvalue weighted by atomic mass is 10.1. The van der Waals surface area contributed by atoms with Crippen molar-refractivity contribution < 1.29 is 19.1 Å². The number of carbonyl (C=O) groups is 2. The topological polar surface area (TPSA) is 76.7 Å². The van der Waals surface area contributed by atoms with Crippen LogP contribution in [-0.4, -0.2) is 38.7 Å². The SMILES string of the molecule is COCCNC(=O)c1cccc(NC(=O)COc2ccc3ccccc3c2Br)c1. The molecule has 0 aliphatic carbocycles. The normalized spacial score (nSPS) is 10.6. The molecule has 29 heavy (non-hydrogen) atoms. The van der Waals surface area contributed by atoms with Gasteiger partial charge in [0.25, 0.3) is 11.8 Å². The molecule has 0 fully saturated rings. The highest BCUT2D eigenvalue weighted by atomic mass is 79.9. The fourth-order valence-electron chi connectivity index (χ4n) is 2.77. The number of benzene rings is 3. The van der Waals surface area contributed by atoms with Crippen molar-refractivity contribution in [3.63, 3.8) is 0 Å². The molecule has 0 radical (unpaired) electrons. The van der Waals surface area contributed by atoms with Gasteiger partial charge in [0.15, 0.2) is 6.61 Å². The molecule has 3 aromatic carbocycles. The summed E-state index contributed by atoms with van der Waals surface area (Å²) in [6, 6.07) is 18.4. The maximum Gasteiger partial charge on any atom is 0.262 e. The molecule has 0 spiro atoms. The van der Waals surface area contributed by atoms with Gasteiger partial charge in [0.2, 0.25) is 0 Å². The van der Waals surface area contributed by atoms with E-state index in [1.165, 1.54) is 0 Å². The Bertz CT molecular complexity index is 1020. The second kappa shape index (κ2) is 10.0. The first-order valence-electron chi connectivity index (χ1n) is 9.05. The number of hydrogen-bond donors (Lipinski definition) is 2. The molecule has 3 aromatic rings. The van der Waals surface area contributed by atoms with E-state index in [1.54, 1.807) is 31.4 Å². The van der Waals surface area contributed by atoms with Gasteiger partial charge in [-0.2, -0.15) is 0 Å². The summed E-state index contributed by atoms with van der Waals surface area (Å²) in [7, 11) is 1.57. The fraction of sp³-hybridized carbons (Fsp3) is 0.182. The fourth-order valence-corrected chi connectivity index (χ4v) is 3.38. The molecule has 0 atom stereocenters. The third-order valence-electron chi connectivity index (χ3n) is 4.19. The number of carbonyl (C=O) groups excluding carboxylic acids is 2. The van der Waals surface area contributed by atoms with Crippen molar-refractivity contribution in [2.45, 2.75) is 0 Å². The Morgan fingerprint density at radius 2 is 1.86 bits per heavy atom. The molecule has 0 aliphatic heterocycles. The first kappa shape index (κ1) is 20.8. The molecule has 0 aliphatic rings. The van der Waals surface area contributed by atoms with Gasteiger partial charge in [0.05, 0.1) is 11.1 Å². The largest absolute Gasteiger partial charge is 0.483 e. The second-order valence-corrected chi connectivity index (χ2v) is 7.06. The lowest BCUT2D eigenvalue weighted by Crippen LogP contribution is -2.27. The zero-order valence-electron chi connectivity index (χ0n) is 15.9. The van der Waals surface area contributed by atoms with E-state index in [2.05, 4.69) is 26.6 Å². The Hall–Kier alpha value is -2.90. The summed E-state index contributed by atoms with van der Waals surface area (Å²) in [5, 5.41) is 7.58. The minimum Gasteiger partial charge on any atom is -0.483 e. The zero-order chi connectivity index (χ0) is 20.6. The molecular formula is C22H21BrN2O4. The molecular weight excluding hydrogens is 436 g/mol. The van der Waals surface area contributed by atoms with Crippen molar-refractivity contribution in [3.8, 4) is 5.75 Å². The number of nitrogens with one attached hydrogen (secondary N) is 2. The minimum absolute atomic E-state index is 0.152. The Kier molecular flexibility index (Phi) is 7.21. The number of ether oxygens (including phenoxy) is 2. The predicted octanol–water partition coefficient (Wildman–Crippen LogP) is 4.00. The molecule has 2 N–H and O–H groups in total. The van der Waals surface area contributed by atoms with Crippen LogP contribution in [-0.2, 0) is 9.53 Å². The summed E-state index contributed by atoms with van der Waals surface area (Å²) < 4.78 is 11.4. The van der Waals surface area contributed by atoms with Crippen LogP contribution in [0.15, 0.2) is 65.1 Å². The number of fused-ring (bicyclic) bond motifs is 1. The number of amides is 2. The van der Waals surface area contributed by atoms with Crippen LogP contribution < -0.4 is 15.4 Å². The van der Waals surface area contributed by atoms with Gasteiger partial charge >= 0.3 is 0 Å². The van der Waals surface area contributed by atoms with E-state index in [1.807, 2.05) is 36.4 Å². The molecule has 7 heteroatoms. The molecule has 0 aromatic heterocycles. The van der Waals surface area contributed by atoms with E-state index >= 15 is 0 Å². The summed E-state index contributed by atoms with van der Waals surface area (Å²) >= 11 is 3.54. The lowest BCUT2D eigenvalue weighted by molar-refractivity contribution is -0.118. The van der Waals surface area contributed by atoms with Crippen LogP contribution in [0.2, 0.25) is 0 Å². The number of halogens is 1. The third-order valence-corrected chi connectivity index (χ3v) is 5.00. The highest BCUT2D eigenvalue weighted by molar-refractivity contribution is 9.10. The third kappa shape index (κ3) is 5.56. The summed E-state index contributed by atoms with van der Waals surface area (Å²) in [6.07, 6.45) is 0. The van der Waals surface area contributed by atoms with Crippen molar-refractivity contribution >= 4 is 44.2 Å². The second-order valence-electron chi connectivity index (χ2n) is 6.27. The molecule has 0 saturated carbocycles. The molecule has 150 valence electrons. The lowest BCUT2D eigenvalue weighted by Gasteiger charge is -2.11. The van der Waals surface area contributed by atoms with Crippen molar-refractivity contribution in [2.24, 2.45) is 0 Å². The average Bonchev–Trinajstić information content (AvgIpc) is 2.74. The quantitative estimate of drug-likeness (QED) is 0.502. The van der Waals surface area contributed by atoms with Crippen molar-refractivity contribution in [2.75, 3.05) is 32.2 Å². The molecule has 2 amide bonds. The van der Waals surface area contributed by atoms with Gasteiger partial charge in [-0.05, 0) is 51.0 Å². The molecule has 0 saturated heterocycles. The zero-order valence-corrected chi connectivity index (χ0v) is 17.5. The standard InChI is InChI=1S/C22H21BrN2O4/c1-28-12-11-24-22(27)16-6-4-7-17(13-16)25-20(26)14-29-19-10-9-15-5-2-3-8-18(15)21(19)23/h2-10,13H,11-12,14H2,1H3,(H,24,27)(H,25,26). The van der Waals surface area contributed by atoms with E-state index in [9.17, 15) is 9.59 Å². The van der Waals surface area contributed by atoms with Gasteiger partial charge in [-0.3, -0.25) is 9.59 Å². The monoisotopic (exact) mass is 456 g/mol. The van der Waals surface area contributed by atoms with Crippen molar-refractivity contribution in [1.29, 1.82) is 0 Å². The summed E-state index contributed by atoms with van der Waals surface area (Å²) in [5.74, 6) is 0.0432. The van der Waals surface area contributed by atoms with Crippen LogP contribution in [0.5, 0.6) is 5.75 Å². The first-order valence-corrected chi connectivity index (χ1v) is 9.85. The summed E-state index contributed by atoms with van der Waals surface area (Å²) in [4.78, 5) is 24.4. The Morgan fingerprint density at radius 3 is 2.69 bits per heavy atom.